The van der Waals surface area contributed by atoms with Gasteiger partial charge < -0.3 is 10.2 Å². The first-order valence-corrected chi connectivity index (χ1v) is 11.6. The van der Waals surface area contributed by atoms with Crippen molar-refractivity contribution in [1.29, 1.82) is 0 Å². The molecule has 1 N–H and O–H groups in total. The Kier molecular flexibility index (Phi) is 6.03. The van der Waals surface area contributed by atoms with Gasteiger partial charge in [-0.15, -0.1) is 0 Å². The molecule has 0 radical (unpaired) electrons. The summed E-state index contributed by atoms with van der Waals surface area (Å²) < 4.78 is 0. The van der Waals surface area contributed by atoms with Crippen LogP contribution < -0.4 is 10.2 Å². The maximum absolute atomic E-state index is 12.6. The van der Waals surface area contributed by atoms with Gasteiger partial charge in [0.15, 0.2) is 0 Å². The van der Waals surface area contributed by atoms with Crippen LogP contribution in [0.3, 0.4) is 0 Å². The summed E-state index contributed by atoms with van der Waals surface area (Å²) in [5.74, 6) is 0.00504. The fourth-order valence-corrected chi connectivity index (χ4v) is 4.34. The molecule has 0 bridgehead atoms. The summed E-state index contributed by atoms with van der Waals surface area (Å²) >= 11 is 0. The number of benzene rings is 2. The molecule has 3 aromatic rings. The van der Waals surface area contributed by atoms with Crippen LogP contribution >= 0.6 is 0 Å². The number of carbonyl (C=O) groups is 1. The third-order valence-electron chi connectivity index (χ3n) is 6.18. The second-order valence-electron chi connectivity index (χ2n) is 8.63. The van der Waals surface area contributed by atoms with Crippen LogP contribution in [-0.2, 0) is 0 Å². The number of pyridine rings is 1. The number of rotatable bonds is 7. The van der Waals surface area contributed by atoms with Gasteiger partial charge in [0.1, 0.15) is 0 Å². The average molecular weight is 437 g/mol. The van der Waals surface area contributed by atoms with Gasteiger partial charge in [-0.25, -0.2) is 0 Å². The van der Waals surface area contributed by atoms with E-state index in [1.54, 1.807) is 6.20 Å². The molecule has 1 aliphatic heterocycles. The lowest BCUT2D eigenvalue weighted by molar-refractivity contribution is 0.0951. The largest absolute Gasteiger partial charge is 0.349 e. The molecular formula is C28H28N4O. The molecule has 1 amide bonds. The molecule has 2 aliphatic rings. The van der Waals surface area contributed by atoms with Gasteiger partial charge in [0.2, 0.25) is 0 Å². The number of dihydropyridines is 1. The van der Waals surface area contributed by atoms with Gasteiger partial charge in [-0.3, -0.25) is 14.8 Å². The molecule has 1 unspecified atom stereocenters. The highest BCUT2D eigenvalue weighted by atomic mass is 16.1. The molecule has 5 rings (SSSR count). The summed E-state index contributed by atoms with van der Waals surface area (Å²) in [6, 6.07) is 20.8. The minimum atomic E-state index is 0.00504. The zero-order chi connectivity index (χ0) is 22.6. The van der Waals surface area contributed by atoms with Crippen molar-refractivity contribution in [2.24, 2.45) is 4.99 Å². The Bertz CT molecular complexity index is 1200. The van der Waals surface area contributed by atoms with Crippen LogP contribution in [0.5, 0.6) is 0 Å². The van der Waals surface area contributed by atoms with E-state index in [2.05, 4.69) is 69.6 Å². The van der Waals surface area contributed by atoms with E-state index < -0.39 is 0 Å². The van der Waals surface area contributed by atoms with Crippen molar-refractivity contribution in [3.63, 3.8) is 0 Å². The number of aliphatic imine (C=N–C) groups is 1. The molecule has 5 nitrogen and oxygen atoms in total. The third-order valence-corrected chi connectivity index (χ3v) is 6.18. The predicted molar refractivity (Wildman–Crippen MR) is 134 cm³/mol. The number of anilines is 1. The van der Waals surface area contributed by atoms with E-state index >= 15 is 0 Å². The monoisotopic (exact) mass is 436 g/mol. The van der Waals surface area contributed by atoms with E-state index in [4.69, 9.17) is 0 Å². The van der Waals surface area contributed by atoms with Crippen LogP contribution in [0, 0.1) is 0 Å². The van der Waals surface area contributed by atoms with E-state index in [9.17, 15) is 4.79 Å². The minimum Gasteiger partial charge on any atom is -0.349 e. The van der Waals surface area contributed by atoms with Gasteiger partial charge in [0, 0.05) is 30.6 Å². The lowest BCUT2D eigenvalue weighted by Crippen LogP contribution is -2.28. The molecule has 0 saturated heterocycles. The van der Waals surface area contributed by atoms with Gasteiger partial charge in [0.25, 0.3) is 5.91 Å². The number of hydrogen-bond acceptors (Lipinski definition) is 4. The maximum atomic E-state index is 12.6. The first kappa shape index (κ1) is 21.1. The van der Waals surface area contributed by atoms with Crippen molar-refractivity contribution in [3.05, 3.63) is 96.0 Å². The summed E-state index contributed by atoms with van der Waals surface area (Å²) in [4.78, 5) is 23.8. The lowest BCUT2D eigenvalue weighted by Gasteiger charge is -2.34. The Labute approximate surface area is 194 Å². The summed E-state index contributed by atoms with van der Waals surface area (Å²) in [7, 11) is 0. The minimum absolute atomic E-state index is 0.00504. The molecule has 2 aromatic carbocycles. The Balaban J connectivity index is 1.53. The third kappa shape index (κ3) is 4.72. The quantitative estimate of drug-likeness (QED) is 0.527. The van der Waals surface area contributed by atoms with E-state index in [-0.39, 0.29) is 11.9 Å². The number of amides is 1. The van der Waals surface area contributed by atoms with Crippen molar-refractivity contribution >= 4 is 17.8 Å². The standard InChI is InChI=1S/C28H28N4O/c1-20(32(24-9-5-15-29-18-24)25-10-6-16-30-19-25)26-11-2-3-12-27(26)21-7-4-8-22(17-21)28(33)31-23-13-14-23/h2-5,7-12,15,17-20,23H,6,13-14,16H2,1H3,(H,31,33). The summed E-state index contributed by atoms with van der Waals surface area (Å²) in [6.45, 7) is 3.03. The Morgan fingerprint density at radius 2 is 1.97 bits per heavy atom. The van der Waals surface area contributed by atoms with E-state index in [1.807, 2.05) is 36.7 Å². The second-order valence-corrected chi connectivity index (χ2v) is 8.63. The molecule has 1 fully saturated rings. The van der Waals surface area contributed by atoms with Crippen molar-refractivity contribution in [2.45, 2.75) is 38.3 Å². The van der Waals surface area contributed by atoms with Crippen LogP contribution in [0.1, 0.15) is 48.1 Å². The first-order chi connectivity index (χ1) is 16.2. The maximum Gasteiger partial charge on any atom is 0.251 e. The topological polar surface area (TPSA) is 57.6 Å². The molecule has 33 heavy (non-hydrogen) atoms. The fourth-order valence-electron chi connectivity index (χ4n) is 4.34. The molecule has 166 valence electrons. The predicted octanol–water partition coefficient (Wildman–Crippen LogP) is 5.57. The molecule has 1 saturated carbocycles. The van der Waals surface area contributed by atoms with Gasteiger partial charge >= 0.3 is 0 Å². The molecule has 5 heteroatoms. The molecule has 1 atom stereocenters. The zero-order valence-corrected chi connectivity index (χ0v) is 18.8. The molecule has 1 aromatic heterocycles. The fraction of sp³-hybridized carbons (Fsp3) is 0.250. The molecule has 2 heterocycles. The van der Waals surface area contributed by atoms with Crippen molar-refractivity contribution in [3.8, 4) is 11.1 Å². The first-order valence-electron chi connectivity index (χ1n) is 11.6. The summed E-state index contributed by atoms with van der Waals surface area (Å²) in [5.41, 5.74) is 6.15. The molecule has 1 aliphatic carbocycles. The Morgan fingerprint density at radius 3 is 2.73 bits per heavy atom. The van der Waals surface area contributed by atoms with E-state index in [1.165, 1.54) is 5.56 Å². The number of nitrogens with one attached hydrogen (secondary N) is 1. The second kappa shape index (κ2) is 9.41. The zero-order valence-electron chi connectivity index (χ0n) is 18.8. The number of nitrogens with zero attached hydrogens (tertiary/aromatic N) is 3. The van der Waals surface area contributed by atoms with Crippen LogP contribution in [0.25, 0.3) is 11.1 Å². The van der Waals surface area contributed by atoms with E-state index in [0.717, 1.165) is 48.3 Å². The Hall–Kier alpha value is -3.73. The van der Waals surface area contributed by atoms with Crippen molar-refractivity contribution < 1.29 is 4.79 Å². The highest BCUT2D eigenvalue weighted by Gasteiger charge is 2.25. The highest BCUT2D eigenvalue weighted by molar-refractivity contribution is 5.96. The van der Waals surface area contributed by atoms with Gasteiger partial charge in [0.05, 0.1) is 23.6 Å². The van der Waals surface area contributed by atoms with E-state index in [0.29, 0.717) is 11.6 Å². The van der Waals surface area contributed by atoms with Crippen molar-refractivity contribution in [1.82, 2.24) is 10.3 Å². The highest BCUT2D eigenvalue weighted by Crippen LogP contribution is 2.36. The summed E-state index contributed by atoms with van der Waals surface area (Å²) in [5, 5.41) is 3.09. The van der Waals surface area contributed by atoms with Crippen LogP contribution in [-0.4, -0.2) is 29.7 Å². The normalized spacial score (nSPS) is 16.1. The number of allylic oxidation sites excluding steroid dienone is 1. The molecular weight excluding hydrogens is 408 g/mol. The summed E-state index contributed by atoms with van der Waals surface area (Å²) in [6.07, 6.45) is 11.0. The number of hydrogen-bond donors (Lipinski definition) is 1. The van der Waals surface area contributed by atoms with Gasteiger partial charge in [-0.2, -0.15) is 0 Å². The van der Waals surface area contributed by atoms with Crippen LogP contribution in [0.4, 0.5) is 5.69 Å². The number of aromatic nitrogens is 1. The Morgan fingerprint density at radius 1 is 1.09 bits per heavy atom. The van der Waals surface area contributed by atoms with Crippen LogP contribution in [0.2, 0.25) is 0 Å². The smallest absolute Gasteiger partial charge is 0.251 e. The SMILES string of the molecule is CC(c1ccccc1-c1cccc(C(=O)NC2CC2)c1)N(C1=CCCN=C1)c1cccnc1. The van der Waals surface area contributed by atoms with Gasteiger partial charge in [-0.05, 0) is 67.1 Å². The van der Waals surface area contributed by atoms with Crippen LogP contribution in [0.15, 0.2) is 89.8 Å². The average Bonchev–Trinajstić information content (AvgIpc) is 3.69. The molecule has 0 spiro atoms. The number of carbonyl (C=O) groups excluding carboxylic acids is 1. The van der Waals surface area contributed by atoms with Crippen molar-refractivity contribution in [2.75, 3.05) is 11.4 Å². The lowest BCUT2D eigenvalue weighted by atomic mass is 9.93. The van der Waals surface area contributed by atoms with Gasteiger partial charge in [-0.1, -0.05) is 42.5 Å².